The Kier molecular flexibility index (Phi) is 7.94. The van der Waals surface area contributed by atoms with Crippen LogP contribution in [-0.4, -0.2) is 28.9 Å². The molecule has 0 aliphatic rings. The van der Waals surface area contributed by atoms with Gasteiger partial charge in [-0.3, -0.25) is 4.57 Å². The Morgan fingerprint density at radius 2 is 1.48 bits per heavy atom. The lowest BCUT2D eigenvalue weighted by Crippen LogP contribution is -2.26. The van der Waals surface area contributed by atoms with Crippen LogP contribution in [0.15, 0.2) is 82.5 Å². The zero-order chi connectivity index (χ0) is 29.3. The highest BCUT2D eigenvalue weighted by atomic mass is 32.2. The summed E-state index contributed by atoms with van der Waals surface area (Å²) in [4.78, 5) is 13.2. The molecular weight excluding hydrogens is 562 g/mol. The molecule has 0 fully saturated rings. The second-order valence-electron chi connectivity index (χ2n) is 8.92. The molecule has 40 heavy (non-hydrogen) atoms. The van der Waals surface area contributed by atoms with Crippen LogP contribution < -0.4 is 10.8 Å². The zero-order valence-electron chi connectivity index (χ0n) is 20.6. The number of hydrogen-bond donors (Lipinski definition) is 1. The summed E-state index contributed by atoms with van der Waals surface area (Å²) in [5, 5.41) is 9.29. The number of halogens is 6. The van der Waals surface area contributed by atoms with Crippen LogP contribution in [0, 0.1) is 0 Å². The average molecular weight is 585 g/mol. The summed E-state index contributed by atoms with van der Waals surface area (Å²) in [6.07, 6.45) is -11.2. The first kappa shape index (κ1) is 29.1. The number of nitrogens with two attached hydrogens (primary N) is 1. The largest absolute Gasteiger partial charge is 0.418 e. The molecule has 0 aliphatic heterocycles. The number of aromatic nitrogens is 3. The molecule has 0 aliphatic carbocycles. The van der Waals surface area contributed by atoms with Crippen LogP contribution in [0.2, 0.25) is 0 Å². The molecule has 0 saturated carbocycles. The van der Waals surface area contributed by atoms with Crippen LogP contribution in [0.4, 0.5) is 26.3 Å². The van der Waals surface area contributed by atoms with Gasteiger partial charge in [0.15, 0.2) is 0 Å². The van der Waals surface area contributed by atoms with Gasteiger partial charge in [0.1, 0.15) is 5.82 Å². The Labute approximate surface area is 224 Å². The molecule has 1 heterocycles. The molecule has 0 atom stereocenters. The topological polar surface area (TPSA) is 100.0 Å². The van der Waals surface area contributed by atoms with Gasteiger partial charge >= 0.3 is 18.0 Å². The number of aryl methyl sites for hydroxylation is 1. The first-order valence-corrected chi connectivity index (χ1v) is 13.3. The molecular formula is C26H22F6N4O3S. The average Bonchev–Trinajstić information content (AvgIpc) is 3.17. The molecule has 2 N–H and O–H groups in total. The highest BCUT2D eigenvalue weighted by Crippen LogP contribution is 2.33. The number of alkyl halides is 6. The van der Waals surface area contributed by atoms with Gasteiger partial charge in [-0.25, -0.2) is 18.4 Å². The third-order valence-corrected chi connectivity index (χ3v) is 7.01. The molecule has 212 valence electrons. The van der Waals surface area contributed by atoms with E-state index in [0.29, 0.717) is 21.4 Å². The van der Waals surface area contributed by atoms with Crippen LogP contribution in [0.1, 0.15) is 29.8 Å². The maximum Gasteiger partial charge on any atom is 0.418 e. The summed E-state index contributed by atoms with van der Waals surface area (Å²) in [7, 11) is -4.03. The van der Waals surface area contributed by atoms with Crippen molar-refractivity contribution in [2.24, 2.45) is 5.14 Å². The minimum absolute atomic E-state index is 0.101. The summed E-state index contributed by atoms with van der Waals surface area (Å²) < 4.78 is 105. The number of para-hydroxylation sites is 1. The van der Waals surface area contributed by atoms with E-state index in [2.05, 4.69) is 5.10 Å². The van der Waals surface area contributed by atoms with Crippen LogP contribution in [0.5, 0.6) is 0 Å². The van der Waals surface area contributed by atoms with E-state index >= 15 is 0 Å². The minimum atomic E-state index is -4.81. The summed E-state index contributed by atoms with van der Waals surface area (Å²) >= 11 is 0. The molecule has 0 bridgehead atoms. The summed E-state index contributed by atoms with van der Waals surface area (Å²) in [5.41, 5.74) is -1.34. The Balaban J connectivity index is 1.73. The Bertz CT molecular complexity index is 1670. The third-order valence-electron chi connectivity index (χ3n) is 6.04. The van der Waals surface area contributed by atoms with Gasteiger partial charge in [0, 0.05) is 18.4 Å². The van der Waals surface area contributed by atoms with Crippen molar-refractivity contribution in [2.75, 3.05) is 0 Å². The van der Waals surface area contributed by atoms with Crippen molar-refractivity contribution in [1.82, 2.24) is 14.3 Å². The molecule has 4 rings (SSSR count). The third kappa shape index (κ3) is 6.62. The summed E-state index contributed by atoms with van der Waals surface area (Å²) in [5.74, 6) is -0.116. The van der Waals surface area contributed by atoms with Gasteiger partial charge in [0.2, 0.25) is 10.0 Å². The number of sulfonamides is 1. The number of primary sulfonamides is 1. The van der Waals surface area contributed by atoms with Gasteiger partial charge in [-0.15, -0.1) is 5.10 Å². The van der Waals surface area contributed by atoms with Gasteiger partial charge in [-0.05, 0) is 35.7 Å². The molecule has 1 aromatic heterocycles. The highest BCUT2D eigenvalue weighted by Gasteiger charge is 2.35. The van der Waals surface area contributed by atoms with Crippen LogP contribution in [-0.2, 0) is 29.2 Å². The summed E-state index contributed by atoms with van der Waals surface area (Å²) in [6.45, 7) is -0.203. The van der Waals surface area contributed by atoms with E-state index in [9.17, 15) is 39.6 Å². The number of hydrogen-bond acceptors (Lipinski definition) is 4. The molecule has 14 heteroatoms. The van der Waals surface area contributed by atoms with Crippen molar-refractivity contribution in [3.8, 4) is 16.8 Å². The van der Waals surface area contributed by atoms with E-state index in [1.807, 2.05) is 0 Å². The normalized spacial score (nSPS) is 12.6. The predicted octanol–water partition coefficient (Wildman–Crippen LogP) is 5.30. The van der Waals surface area contributed by atoms with E-state index in [1.54, 1.807) is 36.4 Å². The van der Waals surface area contributed by atoms with Crippen molar-refractivity contribution < 1.29 is 34.8 Å². The zero-order valence-corrected chi connectivity index (χ0v) is 21.4. The maximum absolute atomic E-state index is 13.6. The number of benzene rings is 3. The lowest BCUT2D eigenvalue weighted by atomic mass is 10.0. The first-order chi connectivity index (χ1) is 18.6. The predicted molar refractivity (Wildman–Crippen MR) is 134 cm³/mol. The first-order valence-electron chi connectivity index (χ1n) is 11.8. The van der Waals surface area contributed by atoms with Gasteiger partial charge in [0.25, 0.3) is 0 Å². The molecule has 3 aromatic carbocycles. The van der Waals surface area contributed by atoms with Crippen molar-refractivity contribution in [1.29, 1.82) is 0 Å². The second kappa shape index (κ2) is 10.9. The van der Waals surface area contributed by atoms with Crippen molar-refractivity contribution in [3.63, 3.8) is 0 Å². The fourth-order valence-corrected chi connectivity index (χ4v) is 4.97. The van der Waals surface area contributed by atoms with Crippen molar-refractivity contribution in [2.45, 2.75) is 43.1 Å². The molecule has 0 spiro atoms. The van der Waals surface area contributed by atoms with Crippen LogP contribution in [0.25, 0.3) is 16.8 Å². The molecule has 4 aromatic rings. The lowest BCUT2D eigenvalue weighted by molar-refractivity contribution is -0.137. The van der Waals surface area contributed by atoms with E-state index in [1.165, 1.54) is 18.2 Å². The van der Waals surface area contributed by atoms with Crippen LogP contribution in [0.3, 0.4) is 0 Å². The monoisotopic (exact) mass is 584 g/mol. The van der Waals surface area contributed by atoms with Crippen LogP contribution >= 0.6 is 0 Å². The fraction of sp³-hybridized carbons (Fsp3) is 0.231. The molecule has 0 amide bonds. The van der Waals surface area contributed by atoms with Crippen molar-refractivity contribution >= 4 is 10.0 Å². The molecule has 0 unspecified atom stereocenters. The Hall–Kier alpha value is -3.91. The highest BCUT2D eigenvalue weighted by molar-refractivity contribution is 7.89. The van der Waals surface area contributed by atoms with E-state index in [-0.39, 0.29) is 23.7 Å². The van der Waals surface area contributed by atoms with Gasteiger partial charge < -0.3 is 0 Å². The minimum Gasteiger partial charge on any atom is -0.274 e. The molecule has 0 radical (unpaired) electrons. The molecule has 7 nitrogen and oxygen atoms in total. The number of nitrogens with zero attached hydrogens (tertiary/aromatic N) is 3. The maximum atomic E-state index is 13.6. The SMILES string of the molecule is NS(=O)(=O)c1ccccc1-c1ccc(Cn2c(CCCC(F)(F)F)nn(-c3ccccc3C(F)(F)F)c2=O)cc1. The van der Waals surface area contributed by atoms with Gasteiger partial charge in [-0.2, -0.15) is 31.0 Å². The summed E-state index contributed by atoms with van der Waals surface area (Å²) in [6, 6.07) is 16.6. The fourth-order valence-electron chi connectivity index (χ4n) is 4.21. The lowest BCUT2D eigenvalue weighted by Gasteiger charge is -2.11. The van der Waals surface area contributed by atoms with E-state index < -0.39 is 52.2 Å². The van der Waals surface area contributed by atoms with Gasteiger partial charge in [0.05, 0.1) is 22.7 Å². The second-order valence-corrected chi connectivity index (χ2v) is 10.4. The quantitative estimate of drug-likeness (QED) is 0.284. The van der Waals surface area contributed by atoms with E-state index in [4.69, 9.17) is 5.14 Å². The Morgan fingerprint density at radius 1 is 0.850 bits per heavy atom. The standard InChI is InChI=1S/C26H22F6N4O3S/c27-25(28,29)15-5-10-23-34-36(21-8-3-2-7-20(21)26(30,31)32)24(37)35(23)16-17-11-13-18(14-12-17)19-6-1-4-9-22(19)40(33,38)39/h1-4,6-9,11-14H,5,10,15-16H2,(H2,33,38,39). The Morgan fingerprint density at radius 3 is 2.10 bits per heavy atom. The smallest absolute Gasteiger partial charge is 0.274 e. The van der Waals surface area contributed by atoms with Gasteiger partial charge in [-0.1, -0.05) is 54.6 Å². The molecule has 0 saturated heterocycles. The number of rotatable bonds is 8. The van der Waals surface area contributed by atoms with E-state index in [0.717, 1.165) is 22.8 Å². The van der Waals surface area contributed by atoms with Crippen molar-refractivity contribution in [3.05, 3.63) is 100 Å².